The summed E-state index contributed by atoms with van der Waals surface area (Å²) in [5, 5.41) is 4.44. The van der Waals surface area contributed by atoms with Crippen molar-refractivity contribution in [1.29, 1.82) is 0 Å². The Morgan fingerprint density at radius 3 is 2.28 bits per heavy atom. The third-order valence-corrected chi connectivity index (χ3v) is 4.86. The van der Waals surface area contributed by atoms with E-state index in [-0.39, 0.29) is 22.0 Å². The molecule has 5 amide bonds. The highest BCUT2D eigenvalue weighted by Gasteiger charge is 2.23. The van der Waals surface area contributed by atoms with Gasteiger partial charge in [0.1, 0.15) is 10.6 Å². The summed E-state index contributed by atoms with van der Waals surface area (Å²) in [6.07, 6.45) is -1.09. The van der Waals surface area contributed by atoms with Gasteiger partial charge in [0.05, 0.1) is 18.5 Å². The number of hydrogen-bond donors (Lipinski definition) is 4. The molecule has 11 nitrogen and oxygen atoms in total. The Hall–Kier alpha value is -3.45. The first-order valence-electron chi connectivity index (χ1n) is 7.72. The summed E-state index contributed by atoms with van der Waals surface area (Å²) in [6, 6.07) is 9.03. The molecule has 0 heterocycles. The van der Waals surface area contributed by atoms with Gasteiger partial charge in [-0.05, 0) is 30.3 Å². The number of carbonyl (C=O) groups is 3. The summed E-state index contributed by atoms with van der Waals surface area (Å²) in [4.78, 5) is 34.3. The predicted octanol–water partition coefficient (Wildman–Crippen LogP) is 2.39. The first-order chi connectivity index (χ1) is 13.6. The molecule has 0 aliphatic carbocycles. The average Bonchev–Trinajstić information content (AvgIpc) is 2.68. The number of nitrogens with one attached hydrogen (secondary N) is 2. The van der Waals surface area contributed by atoms with Crippen LogP contribution in [0.4, 0.5) is 25.8 Å². The summed E-state index contributed by atoms with van der Waals surface area (Å²) in [7, 11) is -3.24. The highest BCUT2D eigenvalue weighted by molar-refractivity contribution is 7.87. The van der Waals surface area contributed by atoms with Crippen LogP contribution in [0.25, 0.3) is 0 Å². The molecule has 4 N–H and O–H groups in total. The van der Waals surface area contributed by atoms with Gasteiger partial charge in [0.25, 0.3) is 0 Å². The summed E-state index contributed by atoms with van der Waals surface area (Å²) in [6.45, 7) is 0. The summed E-state index contributed by atoms with van der Waals surface area (Å²) >= 11 is 3.68. The molecule has 2 aromatic carbocycles. The number of imide groups is 1. The molecular weight excluding hydrogens is 424 g/mol. The van der Waals surface area contributed by atoms with Gasteiger partial charge in [0.2, 0.25) is 0 Å². The second-order valence-electron chi connectivity index (χ2n) is 5.26. The van der Waals surface area contributed by atoms with Crippen molar-refractivity contribution in [2.24, 2.45) is 5.73 Å². The SMILES string of the molecule is COC(=O)N(S)C(=O)Nc1cc(S(=O)(=O)Oc2ccccc2)ccc1NC(N)=O. The van der Waals surface area contributed by atoms with Crippen LogP contribution >= 0.6 is 12.8 Å². The van der Waals surface area contributed by atoms with Gasteiger partial charge in [0, 0.05) is 0 Å². The third kappa shape index (κ3) is 5.76. The van der Waals surface area contributed by atoms with Gasteiger partial charge in [-0.1, -0.05) is 31.0 Å². The fraction of sp³-hybridized carbons (Fsp3) is 0.0625. The Labute approximate surface area is 171 Å². The molecule has 0 unspecified atom stereocenters. The van der Waals surface area contributed by atoms with Crippen LogP contribution < -0.4 is 20.6 Å². The van der Waals surface area contributed by atoms with Crippen molar-refractivity contribution < 1.29 is 31.7 Å². The van der Waals surface area contributed by atoms with E-state index in [1.54, 1.807) is 18.2 Å². The maximum absolute atomic E-state index is 12.5. The van der Waals surface area contributed by atoms with E-state index in [1.807, 2.05) is 0 Å². The Bertz CT molecular complexity index is 1030. The number of rotatable bonds is 5. The van der Waals surface area contributed by atoms with Crippen molar-refractivity contribution in [3.8, 4) is 5.75 Å². The largest absolute Gasteiger partial charge is 0.452 e. The number of urea groups is 2. The molecule has 2 aromatic rings. The molecule has 0 aliphatic heterocycles. The predicted molar refractivity (Wildman–Crippen MR) is 106 cm³/mol. The van der Waals surface area contributed by atoms with Crippen LogP contribution in [0, 0.1) is 0 Å². The first kappa shape index (κ1) is 21.8. The number of hydrogen-bond acceptors (Lipinski definition) is 8. The Morgan fingerprint density at radius 2 is 1.69 bits per heavy atom. The van der Waals surface area contributed by atoms with Gasteiger partial charge >= 0.3 is 28.3 Å². The Morgan fingerprint density at radius 1 is 1.03 bits per heavy atom. The number of thiol groups is 1. The fourth-order valence-corrected chi connectivity index (χ4v) is 3.10. The number of methoxy groups -OCH3 is 1. The van der Waals surface area contributed by atoms with Gasteiger partial charge in [-0.15, -0.1) is 0 Å². The van der Waals surface area contributed by atoms with Crippen LogP contribution in [-0.4, -0.2) is 38.0 Å². The third-order valence-electron chi connectivity index (χ3n) is 3.27. The van der Waals surface area contributed by atoms with Crippen molar-refractivity contribution in [2.45, 2.75) is 4.90 Å². The molecule has 0 bridgehead atoms. The minimum Gasteiger partial charge on any atom is -0.452 e. The second-order valence-corrected chi connectivity index (χ2v) is 7.21. The molecule has 0 aliphatic rings. The molecule has 0 saturated heterocycles. The molecule has 0 atom stereocenters. The van der Waals surface area contributed by atoms with E-state index in [9.17, 15) is 22.8 Å². The number of benzene rings is 2. The van der Waals surface area contributed by atoms with Gasteiger partial charge in [0.15, 0.2) is 0 Å². The molecule has 13 heteroatoms. The van der Waals surface area contributed by atoms with E-state index in [1.165, 1.54) is 18.2 Å². The van der Waals surface area contributed by atoms with Crippen molar-refractivity contribution in [2.75, 3.05) is 17.7 Å². The number of primary amides is 1. The van der Waals surface area contributed by atoms with E-state index in [2.05, 4.69) is 28.2 Å². The smallest absolute Gasteiger partial charge is 0.427 e. The van der Waals surface area contributed by atoms with Crippen molar-refractivity contribution in [3.63, 3.8) is 0 Å². The standard InChI is InChI=1S/C16H16N4O7S2/c1-26-16(23)20(28)15(22)19-13-9-11(7-8-12(13)18-14(17)21)29(24,25)27-10-5-3-2-4-6-10/h2-9,28H,1H3,(H,19,22)(H3,17,18,21). The summed E-state index contributed by atoms with van der Waals surface area (Å²) in [5.74, 6) is 0.0737. The molecular formula is C16H16N4O7S2. The molecule has 0 aromatic heterocycles. The zero-order valence-corrected chi connectivity index (χ0v) is 16.6. The lowest BCUT2D eigenvalue weighted by Gasteiger charge is -2.16. The number of nitrogens with zero attached hydrogens (tertiary/aromatic N) is 1. The normalized spacial score (nSPS) is 10.6. The maximum Gasteiger partial charge on any atom is 0.427 e. The Kier molecular flexibility index (Phi) is 6.90. The van der Waals surface area contributed by atoms with Crippen LogP contribution in [0.15, 0.2) is 53.4 Å². The highest BCUT2D eigenvalue weighted by Crippen LogP contribution is 2.28. The van der Waals surface area contributed by atoms with Crippen LogP contribution in [0.1, 0.15) is 0 Å². The molecule has 0 spiro atoms. The minimum absolute atomic E-state index is 0.0314. The monoisotopic (exact) mass is 440 g/mol. The molecule has 2 rings (SSSR count). The second kappa shape index (κ2) is 9.16. The topological polar surface area (TPSA) is 157 Å². The minimum atomic E-state index is -4.28. The first-order valence-corrected chi connectivity index (χ1v) is 9.53. The Balaban J connectivity index is 2.38. The van der Waals surface area contributed by atoms with Crippen molar-refractivity contribution >= 4 is 52.5 Å². The van der Waals surface area contributed by atoms with E-state index < -0.39 is 28.3 Å². The lowest BCUT2D eigenvalue weighted by Crippen LogP contribution is -2.33. The molecule has 154 valence electrons. The number of anilines is 2. The van der Waals surface area contributed by atoms with Gasteiger partial charge in [-0.25, -0.2) is 14.4 Å². The van der Waals surface area contributed by atoms with Crippen LogP contribution in [0.5, 0.6) is 5.75 Å². The molecule has 0 radical (unpaired) electrons. The van der Waals surface area contributed by atoms with Gasteiger partial charge in [-0.2, -0.15) is 12.7 Å². The van der Waals surface area contributed by atoms with E-state index in [0.717, 1.165) is 19.2 Å². The fourth-order valence-electron chi connectivity index (χ4n) is 2.01. The molecule has 29 heavy (non-hydrogen) atoms. The highest BCUT2D eigenvalue weighted by atomic mass is 32.2. The van der Waals surface area contributed by atoms with Crippen molar-refractivity contribution in [1.82, 2.24) is 4.31 Å². The maximum atomic E-state index is 12.5. The van der Waals surface area contributed by atoms with Crippen LogP contribution in [-0.2, 0) is 14.9 Å². The average molecular weight is 440 g/mol. The lowest BCUT2D eigenvalue weighted by atomic mass is 10.2. The lowest BCUT2D eigenvalue weighted by molar-refractivity contribution is 0.156. The number of amides is 5. The van der Waals surface area contributed by atoms with Gasteiger partial charge < -0.3 is 25.3 Å². The summed E-state index contributed by atoms with van der Waals surface area (Å²) < 4.78 is 34.7. The number of ether oxygens (including phenoxy) is 1. The molecule has 0 saturated carbocycles. The zero-order chi connectivity index (χ0) is 21.6. The quantitative estimate of drug-likeness (QED) is 0.410. The van der Waals surface area contributed by atoms with Crippen LogP contribution in [0.3, 0.4) is 0 Å². The summed E-state index contributed by atoms with van der Waals surface area (Å²) in [5.41, 5.74) is 4.86. The van der Waals surface area contributed by atoms with Crippen molar-refractivity contribution in [3.05, 3.63) is 48.5 Å². The van der Waals surface area contributed by atoms with E-state index in [0.29, 0.717) is 4.31 Å². The van der Waals surface area contributed by atoms with Gasteiger partial charge in [-0.3, -0.25) is 0 Å². The number of nitrogens with two attached hydrogens (primary N) is 1. The molecule has 0 fully saturated rings. The number of para-hydroxylation sites is 1. The number of carbonyl (C=O) groups excluding carboxylic acids is 3. The van der Waals surface area contributed by atoms with Crippen LogP contribution in [0.2, 0.25) is 0 Å². The van der Waals surface area contributed by atoms with E-state index >= 15 is 0 Å². The van der Waals surface area contributed by atoms with E-state index in [4.69, 9.17) is 9.92 Å². The zero-order valence-electron chi connectivity index (χ0n) is 14.9.